The summed E-state index contributed by atoms with van der Waals surface area (Å²) in [5, 5.41) is -0.423. The zero-order chi connectivity index (χ0) is 17.3. The number of hydrogen-bond donors (Lipinski definition) is 0. The van der Waals surface area contributed by atoms with Crippen LogP contribution in [0.25, 0.3) is 0 Å². The molecule has 1 aliphatic carbocycles. The Morgan fingerprint density at radius 2 is 2.00 bits per heavy atom. The minimum absolute atomic E-state index is 0.0417. The first-order valence-electron chi connectivity index (χ1n) is 8.33. The van der Waals surface area contributed by atoms with Gasteiger partial charge in [-0.15, -0.1) is 0 Å². The first-order valence-corrected chi connectivity index (χ1v) is 9.88. The van der Waals surface area contributed by atoms with E-state index < -0.39 is 26.8 Å². The summed E-state index contributed by atoms with van der Waals surface area (Å²) >= 11 is 0. The van der Waals surface area contributed by atoms with Crippen LogP contribution in [-0.4, -0.2) is 50.3 Å². The van der Waals surface area contributed by atoms with E-state index >= 15 is 0 Å². The van der Waals surface area contributed by atoms with Gasteiger partial charge >= 0.3 is 0 Å². The zero-order valence-electron chi connectivity index (χ0n) is 13.7. The molecule has 3 rings (SSSR count). The molecule has 1 aliphatic heterocycles. The first kappa shape index (κ1) is 17.4. The SMILES string of the molecule is C[C@H]1COCCN1C(=O)c1cc(S(=O)(=O)C2CCCC2)ccc1F. The number of nitrogens with zero attached hydrogens (tertiary/aromatic N) is 1. The highest BCUT2D eigenvalue weighted by molar-refractivity contribution is 7.92. The van der Waals surface area contributed by atoms with Gasteiger partial charge in [-0.1, -0.05) is 12.8 Å². The predicted octanol–water partition coefficient (Wildman–Crippen LogP) is 2.40. The van der Waals surface area contributed by atoms with Gasteiger partial charge in [-0.3, -0.25) is 4.79 Å². The van der Waals surface area contributed by atoms with Crippen molar-refractivity contribution in [3.63, 3.8) is 0 Å². The zero-order valence-corrected chi connectivity index (χ0v) is 14.5. The number of carbonyl (C=O) groups excluding carboxylic acids is 1. The van der Waals surface area contributed by atoms with E-state index in [4.69, 9.17) is 4.74 Å². The van der Waals surface area contributed by atoms with Gasteiger partial charge in [0, 0.05) is 6.54 Å². The van der Waals surface area contributed by atoms with E-state index in [1.54, 1.807) is 0 Å². The molecular weight excluding hydrogens is 333 g/mol. The Labute approximate surface area is 141 Å². The van der Waals surface area contributed by atoms with Crippen molar-refractivity contribution in [2.24, 2.45) is 0 Å². The number of rotatable bonds is 3. The number of amides is 1. The Kier molecular flexibility index (Phi) is 4.92. The quantitative estimate of drug-likeness (QED) is 0.781. The first-order chi connectivity index (χ1) is 11.4. The largest absolute Gasteiger partial charge is 0.377 e. The lowest BCUT2D eigenvalue weighted by molar-refractivity contribution is 0.00333. The van der Waals surface area contributed by atoms with E-state index in [1.807, 2.05) is 6.92 Å². The second-order valence-electron chi connectivity index (χ2n) is 6.52. The number of carbonyl (C=O) groups is 1. The third-order valence-electron chi connectivity index (χ3n) is 4.87. The summed E-state index contributed by atoms with van der Waals surface area (Å²) in [6, 6.07) is 3.39. The molecule has 1 amide bonds. The van der Waals surface area contributed by atoms with Gasteiger partial charge in [-0.05, 0) is 38.0 Å². The standard InChI is InChI=1S/C17H22FNO4S/c1-12-11-23-9-8-19(12)17(20)15-10-14(6-7-16(15)18)24(21,22)13-4-2-3-5-13/h6-7,10,12-13H,2-5,8-9,11H2,1H3/t12-/m0/s1. The van der Waals surface area contributed by atoms with E-state index in [0.717, 1.165) is 18.9 Å². The lowest BCUT2D eigenvalue weighted by atomic mass is 10.1. The average molecular weight is 355 g/mol. The summed E-state index contributed by atoms with van der Waals surface area (Å²) < 4.78 is 44.9. The van der Waals surface area contributed by atoms with E-state index in [1.165, 1.54) is 17.0 Å². The van der Waals surface area contributed by atoms with E-state index in [9.17, 15) is 17.6 Å². The molecule has 2 aliphatic rings. The summed E-state index contributed by atoms with van der Waals surface area (Å²) in [5.74, 6) is -1.17. The van der Waals surface area contributed by atoms with Crippen molar-refractivity contribution < 1.29 is 22.3 Å². The Hall–Kier alpha value is -1.47. The molecule has 0 N–H and O–H groups in total. The van der Waals surface area contributed by atoms with Crippen molar-refractivity contribution in [2.75, 3.05) is 19.8 Å². The maximum absolute atomic E-state index is 14.2. The van der Waals surface area contributed by atoms with Crippen molar-refractivity contribution in [1.82, 2.24) is 4.90 Å². The molecule has 1 saturated carbocycles. The van der Waals surface area contributed by atoms with Crippen LogP contribution in [0.4, 0.5) is 4.39 Å². The molecule has 5 nitrogen and oxygen atoms in total. The molecule has 1 aromatic carbocycles. The van der Waals surface area contributed by atoms with Crippen molar-refractivity contribution >= 4 is 15.7 Å². The molecule has 2 fully saturated rings. The Bertz CT molecular complexity index is 728. The highest BCUT2D eigenvalue weighted by Gasteiger charge is 2.32. The topological polar surface area (TPSA) is 63.7 Å². The van der Waals surface area contributed by atoms with Crippen molar-refractivity contribution in [3.8, 4) is 0 Å². The monoisotopic (exact) mass is 355 g/mol. The maximum atomic E-state index is 14.2. The summed E-state index contributed by atoms with van der Waals surface area (Å²) in [6.45, 7) is 3.00. The Balaban J connectivity index is 1.93. The third-order valence-corrected chi connectivity index (χ3v) is 7.13. The van der Waals surface area contributed by atoms with Crippen LogP contribution in [0.3, 0.4) is 0 Å². The van der Waals surface area contributed by atoms with Crippen molar-refractivity contribution in [3.05, 3.63) is 29.6 Å². The fourth-order valence-corrected chi connectivity index (χ4v) is 5.30. The summed E-state index contributed by atoms with van der Waals surface area (Å²) in [5.41, 5.74) is -0.178. The molecule has 0 bridgehead atoms. The van der Waals surface area contributed by atoms with Crippen molar-refractivity contribution in [2.45, 2.75) is 48.8 Å². The van der Waals surface area contributed by atoms with Crippen LogP contribution in [0.1, 0.15) is 43.0 Å². The number of ether oxygens (including phenoxy) is 1. The number of halogens is 1. The van der Waals surface area contributed by atoms with Crippen LogP contribution >= 0.6 is 0 Å². The van der Waals surface area contributed by atoms with Crippen molar-refractivity contribution in [1.29, 1.82) is 0 Å². The van der Waals surface area contributed by atoms with Gasteiger partial charge in [0.2, 0.25) is 0 Å². The van der Waals surface area contributed by atoms with E-state index in [2.05, 4.69) is 0 Å². The minimum atomic E-state index is -3.52. The molecular formula is C17H22FNO4S. The summed E-state index contributed by atoms with van der Waals surface area (Å²) in [7, 11) is -3.52. The molecule has 0 radical (unpaired) electrons. The minimum Gasteiger partial charge on any atom is -0.377 e. The highest BCUT2D eigenvalue weighted by Crippen LogP contribution is 2.30. The number of hydrogen-bond acceptors (Lipinski definition) is 4. The molecule has 0 spiro atoms. The second kappa shape index (κ2) is 6.80. The number of sulfone groups is 1. The fourth-order valence-electron chi connectivity index (χ4n) is 3.42. The molecule has 24 heavy (non-hydrogen) atoms. The lowest BCUT2D eigenvalue weighted by Gasteiger charge is -2.33. The molecule has 132 valence electrons. The molecule has 0 aromatic heterocycles. The van der Waals surface area contributed by atoms with Gasteiger partial charge in [0.15, 0.2) is 9.84 Å². The van der Waals surface area contributed by atoms with E-state index in [-0.39, 0.29) is 16.5 Å². The molecule has 7 heteroatoms. The average Bonchev–Trinajstić information content (AvgIpc) is 3.10. The van der Waals surface area contributed by atoms with Crippen LogP contribution in [0, 0.1) is 5.82 Å². The van der Waals surface area contributed by atoms with Gasteiger partial charge in [0.1, 0.15) is 5.82 Å². The second-order valence-corrected chi connectivity index (χ2v) is 8.74. The predicted molar refractivity (Wildman–Crippen MR) is 87.2 cm³/mol. The smallest absolute Gasteiger partial charge is 0.257 e. The van der Waals surface area contributed by atoms with Crippen LogP contribution in [0.2, 0.25) is 0 Å². The van der Waals surface area contributed by atoms with Gasteiger partial charge in [0.25, 0.3) is 5.91 Å². The lowest BCUT2D eigenvalue weighted by Crippen LogP contribution is -2.47. The van der Waals surface area contributed by atoms with Gasteiger partial charge < -0.3 is 9.64 Å². The molecule has 1 saturated heterocycles. The van der Waals surface area contributed by atoms with Crippen LogP contribution < -0.4 is 0 Å². The molecule has 1 atom stereocenters. The number of benzene rings is 1. The van der Waals surface area contributed by atoms with Gasteiger partial charge in [0.05, 0.1) is 35.0 Å². The summed E-state index contributed by atoms with van der Waals surface area (Å²) in [6.07, 6.45) is 3.04. The summed E-state index contributed by atoms with van der Waals surface area (Å²) in [4.78, 5) is 14.2. The third kappa shape index (κ3) is 3.19. The van der Waals surface area contributed by atoms with Crippen LogP contribution in [0.15, 0.2) is 23.1 Å². The highest BCUT2D eigenvalue weighted by atomic mass is 32.2. The molecule has 0 unspecified atom stereocenters. The Morgan fingerprint density at radius 1 is 1.29 bits per heavy atom. The molecule has 1 aromatic rings. The van der Waals surface area contributed by atoms with E-state index in [0.29, 0.717) is 32.6 Å². The molecule has 1 heterocycles. The normalized spacial score (nSPS) is 22.8. The number of morpholine rings is 1. The van der Waals surface area contributed by atoms with Crippen LogP contribution in [-0.2, 0) is 14.6 Å². The van der Waals surface area contributed by atoms with Gasteiger partial charge in [-0.25, -0.2) is 12.8 Å². The van der Waals surface area contributed by atoms with Crippen LogP contribution in [0.5, 0.6) is 0 Å². The van der Waals surface area contributed by atoms with Gasteiger partial charge in [-0.2, -0.15) is 0 Å². The fraction of sp³-hybridized carbons (Fsp3) is 0.588. The maximum Gasteiger partial charge on any atom is 0.257 e. The Morgan fingerprint density at radius 3 is 2.67 bits per heavy atom.